The van der Waals surface area contributed by atoms with E-state index in [1.165, 1.54) is 6.26 Å². The number of furan rings is 1. The van der Waals surface area contributed by atoms with Crippen LogP contribution in [0.25, 0.3) is 0 Å². The van der Waals surface area contributed by atoms with E-state index in [4.69, 9.17) is 4.42 Å². The number of rotatable bonds is 7. The molecule has 1 saturated heterocycles. The van der Waals surface area contributed by atoms with E-state index >= 15 is 0 Å². The van der Waals surface area contributed by atoms with E-state index in [0.717, 1.165) is 18.7 Å². The number of aliphatic hydroxyl groups excluding tert-OH is 1. The molecule has 1 aromatic carbocycles. The van der Waals surface area contributed by atoms with E-state index in [0.29, 0.717) is 24.6 Å². The molecule has 0 aliphatic carbocycles. The van der Waals surface area contributed by atoms with Gasteiger partial charge in [0.2, 0.25) is 5.91 Å². The Morgan fingerprint density at radius 3 is 2.58 bits per heavy atom. The van der Waals surface area contributed by atoms with Crippen molar-refractivity contribution in [2.75, 3.05) is 19.6 Å². The normalized spacial score (nSPS) is 15.2. The van der Waals surface area contributed by atoms with Crippen molar-refractivity contribution in [3.8, 4) is 0 Å². The Hall–Kier alpha value is -1.82. The third-order valence-electron chi connectivity index (χ3n) is 4.16. The summed E-state index contributed by atoms with van der Waals surface area (Å²) in [6.45, 7) is 2.52. The van der Waals surface area contributed by atoms with Gasteiger partial charge in [-0.25, -0.2) is 0 Å². The van der Waals surface area contributed by atoms with Crippen LogP contribution < -0.4 is 5.32 Å². The van der Waals surface area contributed by atoms with Gasteiger partial charge in [0.15, 0.2) is 0 Å². The molecule has 130 valence electrons. The molecule has 3 rings (SSSR count). The molecule has 1 fully saturated rings. The van der Waals surface area contributed by atoms with Gasteiger partial charge >= 0.3 is 0 Å². The van der Waals surface area contributed by atoms with Gasteiger partial charge in [0, 0.05) is 13.0 Å². The van der Waals surface area contributed by atoms with Crippen LogP contribution in [-0.2, 0) is 11.3 Å². The summed E-state index contributed by atoms with van der Waals surface area (Å²) in [5, 5.41) is 13.5. The number of hydrogen-bond donors (Lipinski definition) is 2. The third kappa shape index (κ3) is 4.84. The van der Waals surface area contributed by atoms with E-state index < -0.39 is 6.10 Å². The lowest BCUT2D eigenvalue weighted by atomic mass is 9.98. The van der Waals surface area contributed by atoms with Crippen molar-refractivity contribution in [3.63, 3.8) is 0 Å². The van der Waals surface area contributed by atoms with Crippen LogP contribution in [0.4, 0.5) is 0 Å². The standard InChI is InChI=1S/C18H22N2O3.ClH/c21-16(17-7-4-8-23-17)13-20(12-14-5-2-1-3-6-14)18(22)9-15-10-19-11-15;/h1-8,15-16,19,21H,9-13H2;1H. The molecule has 1 aromatic heterocycles. The topological polar surface area (TPSA) is 65.7 Å². The van der Waals surface area contributed by atoms with Crippen molar-refractivity contribution in [2.45, 2.75) is 19.1 Å². The molecule has 2 N–H and O–H groups in total. The number of carbonyl (C=O) groups excluding carboxylic acids is 1. The highest BCUT2D eigenvalue weighted by atomic mass is 35.5. The fourth-order valence-electron chi connectivity index (χ4n) is 2.71. The van der Waals surface area contributed by atoms with Gasteiger partial charge in [0.25, 0.3) is 0 Å². The first kappa shape index (κ1) is 18.5. The van der Waals surface area contributed by atoms with Gasteiger partial charge in [0.1, 0.15) is 11.9 Å². The highest BCUT2D eigenvalue weighted by molar-refractivity contribution is 5.85. The second-order valence-electron chi connectivity index (χ2n) is 6.02. The number of benzene rings is 1. The monoisotopic (exact) mass is 350 g/mol. The Labute approximate surface area is 148 Å². The highest BCUT2D eigenvalue weighted by Gasteiger charge is 2.25. The first-order valence-corrected chi connectivity index (χ1v) is 7.96. The zero-order valence-electron chi connectivity index (χ0n) is 13.4. The predicted octanol–water partition coefficient (Wildman–Crippen LogP) is 2.37. The molecular weight excluding hydrogens is 328 g/mol. The summed E-state index contributed by atoms with van der Waals surface area (Å²) in [6.07, 6.45) is 1.24. The zero-order valence-corrected chi connectivity index (χ0v) is 14.2. The minimum absolute atomic E-state index is 0. The Bertz CT molecular complexity index is 614. The highest BCUT2D eigenvalue weighted by Crippen LogP contribution is 2.19. The molecule has 1 aliphatic rings. The van der Waals surface area contributed by atoms with Crippen LogP contribution in [0.3, 0.4) is 0 Å². The van der Waals surface area contributed by atoms with Crippen molar-refractivity contribution in [2.24, 2.45) is 5.92 Å². The van der Waals surface area contributed by atoms with Gasteiger partial charge in [-0.2, -0.15) is 0 Å². The summed E-state index contributed by atoms with van der Waals surface area (Å²) in [7, 11) is 0. The molecule has 5 nitrogen and oxygen atoms in total. The number of carbonyl (C=O) groups is 1. The molecule has 24 heavy (non-hydrogen) atoms. The van der Waals surface area contributed by atoms with Gasteiger partial charge in [0.05, 0.1) is 12.8 Å². The molecule has 0 saturated carbocycles. The maximum absolute atomic E-state index is 12.6. The number of amides is 1. The van der Waals surface area contributed by atoms with E-state index in [1.807, 2.05) is 30.3 Å². The Balaban J connectivity index is 0.00000208. The number of nitrogens with one attached hydrogen (secondary N) is 1. The van der Waals surface area contributed by atoms with Gasteiger partial charge < -0.3 is 19.7 Å². The molecule has 1 amide bonds. The smallest absolute Gasteiger partial charge is 0.223 e. The van der Waals surface area contributed by atoms with Crippen LogP contribution in [-0.4, -0.2) is 35.5 Å². The average Bonchev–Trinajstić information content (AvgIpc) is 3.05. The fraction of sp³-hybridized carbons (Fsp3) is 0.389. The van der Waals surface area contributed by atoms with Gasteiger partial charge in [-0.1, -0.05) is 30.3 Å². The fourth-order valence-corrected chi connectivity index (χ4v) is 2.71. The molecule has 2 heterocycles. The molecule has 2 aromatic rings. The third-order valence-corrected chi connectivity index (χ3v) is 4.16. The maximum Gasteiger partial charge on any atom is 0.223 e. The zero-order chi connectivity index (χ0) is 16.1. The van der Waals surface area contributed by atoms with Crippen LogP contribution in [0.2, 0.25) is 0 Å². The van der Waals surface area contributed by atoms with Gasteiger partial charge in [-0.15, -0.1) is 12.4 Å². The maximum atomic E-state index is 12.6. The van der Waals surface area contributed by atoms with Crippen LogP contribution in [0, 0.1) is 5.92 Å². The van der Waals surface area contributed by atoms with Crippen molar-refractivity contribution in [1.29, 1.82) is 0 Å². The number of nitrogens with zero attached hydrogens (tertiary/aromatic N) is 1. The van der Waals surface area contributed by atoms with E-state index in [9.17, 15) is 9.90 Å². The minimum atomic E-state index is -0.808. The van der Waals surface area contributed by atoms with Gasteiger partial charge in [-0.3, -0.25) is 4.79 Å². The van der Waals surface area contributed by atoms with Crippen molar-refractivity contribution >= 4 is 18.3 Å². The largest absolute Gasteiger partial charge is 0.467 e. The van der Waals surface area contributed by atoms with Crippen molar-refractivity contribution in [1.82, 2.24) is 10.2 Å². The average molecular weight is 351 g/mol. The molecule has 0 radical (unpaired) electrons. The Kier molecular flexibility index (Phi) is 6.85. The second-order valence-corrected chi connectivity index (χ2v) is 6.02. The van der Waals surface area contributed by atoms with Crippen LogP contribution in [0.1, 0.15) is 23.8 Å². The first-order chi connectivity index (χ1) is 11.2. The van der Waals surface area contributed by atoms with Crippen molar-refractivity contribution < 1.29 is 14.3 Å². The van der Waals surface area contributed by atoms with Crippen LogP contribution >= 0.6 is 12.4 Å². The van der Waals surface area contributed by atoms with Crippen LogP contribution in [0.15, 0.2) is 53.1 Å². The quantitative estimate of drug-likeness (QED) is 0.804. The molecule has 1 unspecified atom stereocenters. The lowest BCUT2D eigenvalue weighted by molar-refractivity contribution is -0.135. The molecule has 0 bridgehead atoms. The summed E-state index contributed by atoms with van der Waals surface area (Å²) < 4.78 is 5.24. The molecule has 1 atom stereocenters. The number of halogens is 1. The summed E-state index contributed by atoms with van der Waals surface area (Å²) in [6, 6.07) is 13.3. The first-order valence-electron chi connectivity index (χ1n) is 7.96. The van der Waals surface area contributed by atoms with E-state index in [-0.39, 0.29) is 24.9 Å². The van der Waals surface area contributed by atoms with E-state index in [1.54, 1.807) is 17.0 Å². The molecular formula is C18H23ClN2O3. The molecule has 6 heteroatoms. The molecule has 0 spiro atoms. The predicted molar refractivity (Wildman–Crippen MR) is 93.8 cm³/mol. The lowest BCUT2D eigenvalue weighted by Gasteiger charge is -2.31. The van der Waals surface area contributed by atoms with Gasteiger partial charge in [-0.05, 0) is 36.7 Å². The van der Waals surface area contributed by atoms with Crippen molar-refractivity contribution in [3.05, 3.63) is 60.1 Å². The minimum Gasteiger partial charge on any atom is -0.467 e. The Morgan fingerprint density at radius 2 is 2.00 bits per heavy atom. The second kappa shape index (κ2) is 8.87. The number of aliphatic hydroxyl groups is 1. The van der Waals surface area contributed by atoms with Crippen LogP contribution in [0.5, 0.6) is 0 Å². The summed E-state index contributed by atoms with van der Waals surface area (Å²) in [4.78, 5) is 14.3. The Morgan fingerprint density at radius 1 is 1.25 bits per heavy atom. The number of hydrogen-bond acceptors (Lipinski definition) is 4. The van der Waals surface area contributed by atoms with E-state index in [2.05, 4.69) is 5.32 Å². The molecule has 1 aliphatic heterocycles. The summed E-state index contributed by atoms with van der Waals surface area (Å²) >= 11 is 0. The summed E-state index contributed by atoms with van der Waals surface area (Å²) in [5.41, 5.74) is 1.05. The summed E-state index contributed by atoms with van der Waals surface area (Å²) in [5.74, 6) is 0.966. The SMILES string of the molecule is Cl.O=C(CC1CNC1)N(Cc1ccccc1)CC(O)c1ccco1. The lowest BCUT2D eigenvalue weighted by Crippen LogP contribution is -2.45.